The molecule has 1 amide bonds. The Morgan fingerprint density at radius 1 is 1.65 bits per heavy atom. The second kappa shape index (κ2) is 6.98. The summed E-state index contributed by atoms with van der Waals surface area (Å²) < 4.78 is 0. The number of nitrogens with one attached hydrogen (secondary N) is 2. The largest absolute Gasteiger partial charge is 0.356 e. The summed E-state index contributed by atoms with van der Waals surface area (Å²) in [5.41, 5.74) is 0. The Bertz CT molecular complexity index is 336. The first kappa shape index (κ1) is 12.9. The molecule has 2 rings (SSSR count). The molecule has 1 aromatic rings. The molecule has 0 saturated carbocycles. The van der Waals surface area contributed by atoms with Crippen molar-refractivity contribution in [2.24, 2.45) is 0 Å². The lowest BCUT2D eigenvalue weighted by molar-refractivity contribution is -0.121. The van der Waals surface area contributed by atoms with Gasteiger partial charge in [0.1, 0.15) is 0 Å². The normalized spacial score (nSPS) is 20.1. The summed E-state index contributed by atoms with van der Waals surface area (Å²) in [5.74, 6) is 2.34. The lowest BCUT2D eigenvalue weighted by Crippen LogP contribution is -2.41. The molecular weight excluding hydrogens is 254 g/mol. The third kappa shape index (κ3) is 4.65. The summed E-state index contributed by atoms with van der Waals surface area (Å²) in [7, 11) is 0. The molecule has 2 heterocycles. The summed E-state index contributed by atoms with van der Waals surface area (Å²) in [6.07, 6.45) is 3.21. The molecule has 4 nitrogen and oxygen atoms in total. The molecule has 94 valence electrons. The highest BCUT2D eigenvalue weighted by molar-refractivity contribution is 7.99. The number of carbonyl (C=O) groups is 1. The first-order valence-electron chi connectivity index (χ1n) is 5.81. The monoisotopic (exact) mass is 271 g/mol. The standard InChI is InChI=1S/C11H17N3OS2/c15-10(7-9-8-16-5-3-12-9)13-2-1-11-14-4-6-17-11/h4,6,9,12H,1-3,5,7-8H2,(H,13,15). The molecule has 1 fully saturated rings. The Hall–Kier alpha value is -0.590. The average Bonchev–Trinajstić information content (AvgIpc) is 2.83. The van der Waals surface area contributed by atoms with Crippen LogP contribution in [0.25, 0.3) is 0 Å². The highest BCUT2D eigenvalue weighted by Gasteiger charge is 2.16. The molecule has 2 N–H and O–H groups in total. The maximum atomic E-state index is 11.7. The molecule has 1 aromatic heterocycles. The van der Waals surface area contributed by atoms with Crippen molar-refractivity contribution in [2.75, 3.05) is 24.6 Å². The minimum atomic E-state index is 0.140. The Kier molecular flexibility index (Phi) is 5.28. The number of carbonyl (C=O) groups excluding carboxylic acids is 1. The van der Waals surface area contributed by atoms with Crippen molar-refractivity contribution in [3.8, 4) is 0 Å². The van der Waals surface area contributed by atoms with Crippen LogP contribution in [-0.2, 0) is 11.2 Å². The number of thiazole rings is 1. The summed E-state index contributed by atoms with van der Waals surface area (Å²) in [6.45, 7) is 1.70. The maximum Gasteiger partial charge on any atom is 0.221 e. The predicted octanol–water partition coefficient (Wildman–Crippen LogP) is 0.897. The first-order chi connectivity index (χ1) is 8.34. The van der Waals surface area contributed by atoms with Crippen LogP contribution in [0.3, 0.4) is 0 Å². The zero-order valence-corrected chi connectivity index (χ0v) is 11.3. The predicted molar refractivity (Wildman–Crippen MR) is 72.6 cm³/mol. The number of hydrogen-bond donors (Lipinski definition) is 2. The Morgan fingerprint density at radius 2 is 2.59 bits per heavy atom. The topological polar surface area (TPSA) is 54.0 Å². The van der Waals surface area contributed by atoms with Crippen molar-refractivity contribution >= 4 is 29.0 Å². The van der Waals surface area contributed by atoms with Crippen LogP contribution in [-0.4, -0.2) is 41.5 Å². The third-order valence-corrected chi connectivity index (χ3v) is 4.55. The van der Waals surface area contributed by atoms with Gasteiger partial charge in [0.2, 0.25) is 5.91 Å². The van der Waals surface area contributed by atoms with Gasteiger partial charge in [-0.3, -0.25) is 4.79 Å². The molecule has 1 saturated heterocycles. The van der Waals surface area contributed by atoms with Gasteiger partial charge in [0.25, 0.3) is 0 Å². The van der Waals surface area contributed by atoms with Gasteiger partial charge in [-0.2, -0.15) is 11.8 Å². The molecule has 1 aliphatic rings. The van der Waals surface area contributed by atoms with Gasteiger partial charge in [0.15, 0.2) is 0 Å². The molecule has 1 atom stereocenters. The van der Waals surface area contributed by atoms with E-state index >= 15 is 0 Å². The number of amides is 1. The zero-order chi connectivity index (χ0) is 11.9. The van der Waals surface area contributed by atoms with E-state index < -0.39 is 0 Å². The van der Waals surface area contributed by atoms with E-state index in [1.165, 1.54) is 0 Å². The van der Waals surface area contributed by atoms with Crippen LogP contribution in [0, 0.1) is 0 Å². The van der Waals surface area contributed by atoms with Crippen molar-refractivity contribution in [1.29, 1.82) is 0 Å². The van der Waals surface area contributed by atoms with Crippen LogP contribution < -0.4 is 10.6 Å². The van der Waals surface area contributed by atoms with E-state index in [9.17, 15) is 4.79 Å². The maximum absolute atomic E-state index is 11.7. The molecule has 0 radical (unpaired) electrons. The fraction of sp³-hybridized carbons (Fsp3) is 0.636. The van der Waals surface area contributed by atoms with E-state index in [4.69, 9.17) is 0 Å². The van der Waals surface area contributed by atoms with Crippen LogP contribution in [0.2, 0.25) is 0 Å². The van der Waals surface area contributed by atoms with Crippen LogP contribution >= 0.6 is 23.1 Å². The highest BCUT2D eigenvalue weighted by atomic mass is 32.2. The van der Waals surface area contributed by atoms with E-state index in [1.807, 2.05) is 17.1 Å². The second-order valence-electron chi connectivity index (χ2n) is 3.96. The Labute approximate surface area is 110 Å². The summed E-state index contributed by atoms with van der Waals surface area (Å²) >= 11 is 3.55. The molecule has 0 spiro atoms. The molecule has 17 heavy (non-hydrogen) atoms. The van der Waals surface area contributed by atoms with Gasteiger partial charge in [-0.15, -0.1) is 11.3 Å². The van der Waals surface area contributed by atoms with Crippen LogP contribution in [0.4, 0.5) is 0 Å². The number of thioether (sulfide) groups is 1. The van der Waals surface area contributed by atoms with Crippen molar-refractivity contribution in [1.82, 2.24) is 15.6 Å². The lowest BCUT2D eigenvalue weighted by Gasteiger charge is -2.22. The van der Waals surface area contributed by atoms with Gasteiger partial charge in [-0.25, -0.2) is 4.98 Å². The summed E-state index contributed by atoms with van der Waals surface area (Å²) in [6, 6.07) is 0.341. The SMILES string of the molecule is O=C(CC1CSCCN1)NCCc1nccs1. The molecular formula is C11H17N3OS2. The Morgan fingerprint density at radius 3 is 3.29 bits per heavy atom. The first-order valence-corrected chi connectivity index (χ1v) is 7.84. The van der Waals surface area contributed by atoms with Gasteiger partial charge in [0, 0.05) is 55.1 Å². The van der Waals surface area contributed by atoms with Crippen molar-refractivity contribution in [3.63, 3.8) is 0 Å². The number of hydrogen-bond acceptors (Lipinski definition) is 5. The van der Waals surface area contributed by atoms with E-state index in [-0.39, 0.29) is 5.91 Å². The minimum Gasteiger partial charge on any atom is -0.356 e. The van der Waals surface area contributed by atoms with Crippen molar-refractivity contribution in [3.05, 3.63) is 16.6 Å². The second-order valence-corrected chi connectivity index (χ2v) is 6.08. The minimum absolute atomic E-state index is 0.140. The van der Waals surface area contributed by atoms with Gasteiger partial charge >= 0.3 is 0 Å². The van der Waals surface area contributed by atoms with E-state index in [0.29, 0.717) is 19.0 Å². The number of aromatic nitrogens is 1. The van der Waals surface area contributed by atoms with Crippen LogP contribution in [0.15, 0.2) is 11.6 Å². The average molecular weight is 271 g/mol. The molecule has 0 aromatic carbocycles. The molecule has 0 aliphatic carbocycles. The molecule has 1 aliphatic heterocycles. The smallest absolute Gasteiger partial charge is 0.221 e. The van der Waals surface area contributed by atoms with Gasteiger partial charge in [-0.1, -0.05) is 0 Å². The van der Waals surface area contributed by atoms with E-state index in [0.717, 1.165) is 29.5 Å². The van der Waals surface area contributed by atoms with Gasteiger partial charge in [-0.05, 0) is 0 Å². The van der Waals surface area contributed by atoms with Crippen LogP contribution in [0.5, 0.6) is 0 Å². The van der Waals surface area contributed by atoms with E-state index in [2.05, 4.69) is 15.6 Å². The molecule has 0 bridgehead atoms. The molecule has 6 heteroatoms. The third-order valence-electron chi connectivity index (χ3n) is 2.57. The fourth-order valence-corrected chi connectivity index (χ4v) is 3.30. The fourth-order valence-electron chi connectivity index (χ4n) is 1.73. The summed E-state index contributed by atoms with van der Waals surface area (Å²) in [4.78, 5) is 15.8. The van der Waals surface area contributed by atoms with Crippen molar-refractivity contribution < 1.29 is 4.79 Å². The van der Waals surface area contributed by atoms with E-state index in [1.54, 1.807) is 17.5 Å². The van der Waals surface area contributed by atoms with Crippen LogP contribution in [0.1, 0.15) is 11.4 Å². The Balaban J connectivity index is 1.60. The lowest BCUT2D eigenvalue weighted by atomic mass is 10.2. The number of nitrogens with zero attached hydrogens (tertiary/aromatic N) is 1. The quantitative estimate of drug-likeness (QED) is 0.835. The highest BCUT2D eigenvalue weighted by Crippen LogP contribution is 2.10. The zero-order valence-electron chi connectivity index (χ0n) is 9.65. The van der Waals surface area contributed by atoms with Gasteiger partial charge < -0.3 is 10.6 Å². The van der Waals surface area contributed by atoms with Crippen molar-refractivity contribution in [2.45, 2.75) is 18.9 Å². The summed E-state index contributed by atoms with van der Waals surface area (Å²) in [5, 5.41) is 9.35. The van der Waals surface area contributed by atoms with Gasteiger partial charge in [0.05, 0.1) is 5.01 Å². The molecule has 1 unspecified atom stereocenters. The number of rotatable bonds is 5.